The van der Waals surface area contributed by atoms with E-state index in [1.807, 2.05) is 36.4 Å². The predicted octanol–water partition coefficient (Wildman–Crippen LogP) is 2.00. The molecule has 1 aliphatic heterocycles. The number of nitro groups is 1. The molecule has 0 aromatic heterocycles. The lowest BCUT2D eigenvalue weighted by Crippen LogP contribution is -2.04. The quantitative estimate of drug-likeness (QED) is 0.381. The highest BCUT2D eigenvalue weighted by atomic mass is 28.2. The minimum atomic E-state index is -0.334. The molecule has 0 atom stereocenters. The number of nitrogen functional groups attached to an aromatic ring is 1. The fourth-order valence-corrected chi connectivity index (χ4v) is 2.28. The van der Waals surface area contributed by atoms with Crippen LogP contribution >= 0.6 is 0 Å². The first-order valence-electron chi connectivity index (χ1n) is 5.02. The number of rotatable bonds is 3. The third-order valence-electron chi connectivity index (χ3n) is 2.28. The molecule has 0 fully saturated rings. The van der Waals surface area contributed by atoms with E-state index in [2.05, 4.69) is 0 Å². The molecule has 1 heterocycles. The first kappa shape index (κ1) is 11.3. The lowest BCUT2D eigenvalue weighted by molar-refractivity contribution is -0.412. The Hall–Kier alpha value is -2.14. The van der Waals surface area contributed by atoms with Crippen LogP contribution in [-0.2, 0) is 0 Å². The first-order chi connectivity index (χ1) is 8.15. The molecule has 4 nitrogen and oxygen atoms in total. The minimum absolute atomic E-state index is 0.132. The van der Waals surface area contributed by atoms with E-state index in [9.17, 15) is 10.1 Å². The van der Waals surface area contributed by atoms with Gasteiger partial charge in [-0.15, -0.1) is 0 Å². The smallest absolute Gasteiger partial charge is 0.0642 e. The van der Waals surface area contributed by atoms with Crippen molar-refractivity contribution in [3.63, 3.8) is 0 Å². The van der Waals surface area contributed by atoms with E-state index in [4.69, 9.17) is 5.73 Å². The summed E-state index contributed by atoms with van der Waals surface area (Å²) < 4.78 is 0. The zero-order chi connectivity index (χ0) is 12.3. The van der Waals surface area contributed by atoms with E-state index in [1.54, 1.807) is 12.2 Å². The number of nitrogens with zero attached hydrogens (tertiary/aromatic N) is 1. The van der Waals surface area contributed by atoms with Gasteiger partial charge >= 0.3 is 0 Å². The van der Waals surface area contributed by atoms with Crippen LogP contribution in [0.1, 0.15) is 5.56 Å². The highest BCUT2D eigenvalue weighted by molar-refractivity contribution is 6.55. The Kier molecular flexibility index (Phi) is 3.20. The molecule has 1 aliphatic rings. The number of hydrogen-bond acceptors (Lipinski definition) is 3. The number of hydrogen-bond donors (Lipinski definition) is 1. The van der Waals surface area contributed by atoms with Crippen LogP contribution in [0.4, 0.5) is 5.69 Å². The van der Waals surface area contributed by atoms with Gasteiger partial charge in [-0.2, -0.15) is 0 Å². The standard InChI is InChI=1S/C12H10N2O2Si/c13-10-4-1-9(2-5-10)3-6-11-7-8-12(17-11)14(15)16/h1-8H,13H2/q-1/b6-3+. The monoisotopic (exact) mass is 242 g/mol. The summed E-state index contributed by atoms with van der Waals surface area (Å²) in [5.41, 5.74) is 7.33. The average molecular weight is 242 g/mol. The van der Waals surface area contributed by atoms with Gasteiger partial charge in [-0.05, 0) is 23.8 Å². The summed E-state index contributed by atoms with van der Waals surface area (Å²) in [7, 11) is 0.132. The van der Waals surface area contributed by atoms with E-state index in [0.717, 1.165) is 16.4 Å². The van der Waals surface area contributed by atoms with Gasteiger partial charge in [0, 0.05) is 10.6 Å². The highest BCUT2D eigenvalue weighted by Gasteiger charge is 2.00. The van der Waals surface area contributed by atoms with Crippen LogP contribution < -0.4 is 5.73 Å². The number of nitrogens with two attached hydrogens (primary N) is 1. The summed E-state index contributed by atoms with van der Waals surface area (Å²) in [5, 5.41) is 11.8. The fourth-order valence-electron chi connectivity index (χ4n) is 1.40. The summed E-state index contributed by atoms with van der Waals surface area (Å²) in [6.45, 7) is 0. The fraction of sp³-hybridized carbons (Fsp3) is 0. The van der Waals surface area contributed by atoms with E-state index in [-0.39, 0.29) is 19.8 Å². The van der Waals surface area contributed by atoms with Crippen LogP contribution in [0, 0.1) is 10.1 Å². The van der Waals surface area contributed by atoms with Crippen molar-refractivity contribution in [3.8, 4) is 0 Å². The van der Waals surface area contributed by atoms with Crippen LogP contribution in [0.5, 0.6) is 0 Å². The highest BCUT2D eigenvalue weighted by Crippen LogP contribution is 2.14. The molecule has 0 unspecified atom stereocenters. The number of allylic oxidation sites excluding steroid dienone is 4. The van der Waals surface area contributed by atoms with Crippen molar-refractivity contribution in [1.29, 1.82) is 0 Å². The first-order valence-corrected chi connectivity index (χ1v) is 6.02. The van der Waals surface area contributed by atoms with Crippen LogP contribution in [0.25, 0.3) is 6.08 Å². The van der Waals surface area contributed by atoms with Crippen molar-refractivity contribution < 1.29 is 4.92 Å². The maximum atomic E-state index is 10.5. The van der Waals surface area contributed by atoms with Gasteiger partial charge < -0.3 is 15.3 Å². The molecule has 1 radical (unpaired) electrons. The summed E-state index contributed by atoms with van der Waals surface area (Å²) >= 11 is 0. The molecule has 1 aromatic carbocycles. The third kappa shape index (κ3) is 2.91. The van der Waals surface area contributed by atoms with Gasteiger partial charge in [0.2, 0.25) is 0 Å². The largest absolute Gasteiger partial charge is 0.399 e. The Morgan fingerprint density at radius 2 is 1.88 bits per heavy atom. The Morgan fingerprint density at radius 3 is 2.47 bits per heavy atom. The van der Waals surface area contributed by atoms with Gasteiger partial charge in [0.05, 0.1) is 5.32 Å². The Balaban J connectivity index is 2.00. The summed E-state index contributed by atoms with van der Waals surface area (Å²) in [6, 6.07) is 7.47. The van der Waals surface area contributed by atoms with Crippen LogP contribution in [0.2, 0.25) is 0 Å². The van der Waals surface area contributed by atoms with Gasteiger partial charge in [-0.3, -0.25) is 10.1 Å². The Bertz CT molecular complexity index is 530. The summed E-state index contributed by atoms with van der Waals surface area (Å²) in [5.74, 6) is 0. The second-order valence-corrected chi connectivity index (χ2v) is 4.90. The van der Waals surface area contributed by atoms with Gasteiger partial charge in [0.25, 0.3) is 0 Å². The van der Waals surface area contributed by atoms with Crippen molar-refractivity contribution in [2.24, 2.45) is 0 Å². The lowest BCUT2D eigenvalue weighted by Gasteiger charge is -2.08. The van der Waals surface area contributed by atoms with Gasteiger partial charge in [-0.1, -0.05) is 30.4 Å². The second-order valence-electron chi connectivity index (χ2n) is 3.56. The van der Waals surface area contributed by atoms with E-state index in [0.29, 0.717) is 0 Å². The molecule has 0 saturated heterocycles. The third-order valence-corrected chi connectivity index (χ3v) is 3.51. The molecule has 0 spiro atoms. The molecule has 2 rings (SSSR count). The zero-order valence-electron chi connectivity index (χ0n) is 8.96. The molecule has 2 N–H and O–H groups in total. The van der Waals surface area contributed by atoms with Crippen LogP contribution in [-0.4, -0.2) is 14.4 Å². The lowest BCUT2D eigenvalue weighted by atomic mass is 10.2. The second kappa shape index (κ2) is 4.79. The normalized spacial score (nSPS) is 14.4. The zero-order valence-corrected chi connectivity index (χ0v) is 9.96. The molecular weight excluding hydrogens is 232 g/mol. The Morgan fingerprint density at radius 1 is 1.18 bits per heavy atom. The van der Waals surface area contributed by atoms with Crippen molar-refractivity contribution >= 4 is 21.3 Å². The molecule has 5 heteroatoms. The van der Waals surface area contributed by atoms with E-state index < -0.39 is 0 Å². The van der Waals surface area contributed by atoms with E-state index in [1.165, 1.54) is 0 Å². The van der Waals surface area contributed by atoms with Crippen LogP contribution in [0.3, 0.4) is 0 Å². The van der Waals surface area contributed by atoms with E-state index >= 15 is 0 Å². The summed E-state index contributed by atoms with van der Waals surface area (Å²) in [6.07, 6.45) is 7.16. The molecule has 0 saturated carbocycles. The van der Waals surface area contributed by atoms with Gasteiger partial charge in [0.1, 0.15) is 0 Å². The topological polar surface area (TPSA) is 69.2 Å². The molecular formula is C12H10N2O2Si-. The maximum absolute atomic E-state index is 10.5. The average Bonchev–Trinajstić information content (AvgIpc) is 2.77. The van der Waals surface area contributed by atoms with Crippen molar-refractivity contribution in [3.05, 3.63) is 68.7 Å². The van der Waals surface area contributed by atoms with Gasteiger partial charge in [-0.25, -0.2) is 5.20 Å². The van der Waals surface area contributed by atoms with Crippen molar-refractivity contribution in [2.45, 2.75) is 0 Å². The Labute approximate surface area is 101 Å². The molecule has 0 bridgehead atoms. The number of benzene rings is 1. The van der Waals surface area contributed by atoms with Crippen molar-refractivity contribution in [1.82, 2.24) is 0 Å². The minimum Gasteiger partial charge on any atom is -0.399 e. The molecule has 17 heavy (non-hydrogen) atoms. The summed E-state index contributed by atoms with van der Waals surface area (Å²) in [4.78, 5) is 10.2. The van der Waals surface area contributed by atoms with Gasteiger partial charge in [0.15, 0.2) is 0 Å². The predicted molar refractivity (Wildman–Crippen MR) is 68.8 cm³/mol. The SMILES string of the molecule is Nc1ccc(/C=C/C2=CC=C([N+](=O)[O-])[Si-]2)cc1. The van der Waals surface area contributed by atoms with Crippen LogP contribution in [0.15, 0.2) is 53.0 Å². The molecule has 85 valence electrons. The molecule has 0 amide bonds. The molecule has 1 aromatic rings. The number of anilines is 1. The maximum Gasteiger partial charge on any atom is 0.0642 e. The van der Waals surface area contributed by atoms with Crippen molar-refractivity contribution in [2.75, 3.05) is 5.73 Å². The molecule has 0 aliphatic carbocycles.